The third-order valence-electron chi connectivity index (χ3n) is 15.4. The number of halogens is 2. The number of carbonyl (C=O) groups is 3. The van der Waals surface area contributed by atoms with Gasteiger partial charge in [0.05, 0.1) is 107 Å². The maximum absolute atomic E-state index is 14.0. The quantitative estimate of drug-likeness (QED) is 0.0229. The Hall–Kier alpha value is -6.16. The van der Waals surface area contributed by atoms with Crippen molar-refractivity contribution in [3.8, 4) is 0 Å². The predicted octanol–water partition coefficient (Wildman–Crippen LogP) is 9.23. The maximum Gasteiger partial charge on any atom is 0.233 e. The van der Waals surface area contributed by atoms with Crippen LogP contribution in [0.25, 0.3) is 0 Å². The van der Waals surface area contributed by atoms with Gasteiger partial charge in [-0.3, -0.25) is 14.4 Å². The summed E-state index contributed by atoms with van der Waals surface area (Å²) >= 11 is 0. The molecule has 19 heteroatoms. The summed E-state index contributed by atoms with van der Waals surface area (Å²) in [5.74, 6) is -2.65. The minimum atomic E-state index is -3.73. The van der Waals surface area contributed by atoms with Crippen LogP contribution in [-0.4, -0.2) is 128 Å². The minimum Gasteiger partial charge on any atom is -0.392 e. The van der Waals surface area contributed by atoms with E-state index in [2.05, 4.69) is 17.6 Å². The first kappa shape index (κ1) is 63.4. The van der Waals surface area contributed by atoms with E-state index < -0.39 is 50.9 Å². The molecule has 5 aromatic rings. The number of carbonyl (C=O) groups excluding carboxylic acids is 3. The van der Waals surface area contributed by atoms with Gasteiger partial charge in [0, 0.05) is 55.5 Å². The number of nitrogens with one attached hydrogen (secondary N) is 2. The summed E-state index contributed by atoms with van der Waals surface area (Å²) in [5, 5.41) is 29.0. The van der Waals surface area contributed by atoms with Crippen molar-refractivity contribution in [2.24, 2.45) is 11.3 Å². The first-order valence-corrected chi connectivity index (χ1v) is 30.1. The molecule has 444 valence electrons. The molecule has 0 aliphatic carbocycles. The van der Waals surface area contributed by atoms with Crippen LogP contribution in [0, 0.1) is 23.0 Å². The molecule has 0 aromatic heterocycles. The fourth-order valence-corrected chi connectivity index (χ4v) is 13.1. The summed E-state index contributed by atoms with van der Waals surface area (Å²) in [6.07, 6.45) is 1.77. The van der Waals surface area contributed by atoms with E-state index >= 15 is 0 Å². The Morgan fingerprint density at radius 2 is 1.33 bits per heavy atom. The SMILES string of the molecule is CCCCC1(CC)CS(=O)(=O)c2ccc(N(C)C)cc2C(c2cccc(NC(=O)CCOCCOCCOCCOCCOCCC(=O)NCc3cccc(C4C(CCC(O)c5ccc(F)cc5)C(=O)N4c4ccc(F)cc4)c3)c2)C1O. The number of fused-ring (bicyclic) bond motifs is 1. The Morgan fingerprint density at radius 1 is 0.744 bits per heavy atom. The molecule has 7 rings (SSSR count). The monoisotopic (exact) mass is 1150 g/mol. The van der Waals surface area contributed by atoms with Crippen LogP contribution in [0.2, 0.25) is 0 Å². The number of anilines is 3. The van der Waals surface area contributed by atoms with Gasteiger partial charge in [0.2, 0.25) is 17.7 Å². The number of hydrogen-bond donors (Lipinski definition) is 4. The van der Waals surface area contributed by atoms with Crippen molar-refractivity contribution in [3.63, 3.8) is 0 Å². The van der Waals surface area contributed by atoms with Crippen LogP contribution in [0.1, 0.15) is 111 Å². The van der Waals surface area contributed by atoms with Gasteiger partial charge in [0.1, 0.15) is 11.6 Å². The van der Waals surface area contributed by atoms with E-state index in [1.54, 1.807) is 35.2 Å². The van der Waals surface area contributed by atoms with E-state index in [-0.39, 0.29) is 80.0 Å². The number of benzene rings is 5. The molecule has 1 fully saturated rings. The third kappa shape index (κ3) is 17.2. The molecule has 0 bridgehead atoms. The number of nitrogens with zero attached hydrogens (tertiary/aromatic N) is 2. The van der Waals surface area contributed by atoms with Crippen LogP contribution in [-0.2, 0) is 54.4 Å². The zero-order chi connectivity index (χ0) is 58.7. The molecular formula is C63H80F2N4O12S. The molecule has 2 heterocycles. The summed E-state index contributed by atoms with van der Waals surface area (Å²) in [6, 6.07) is 31.2. The second kappa shape index (κ2) is 30.9. The highest BCUT2D eigenvalue weighted by atomic mass is 32.2. The fraction of sp³-hybridized carbons (Fsp3) is 0.476. The molecule has 4 N–H and O–H groups in total. The first-order chi connectivity index (χ1) is 39.5. The second-order valence-electron chi connectivity index (χ2n) is 21.3. The van der Waals surface area contributed by atoms with Crippen molar-refractivity contribution in [1.29, 1.82) is 0 Å². The van der Waals surface area contributed by atoms with Crippen molar-refractivity contribution in [1.82, 2.24) is 5.32 Å². The molecule has 5 aromatic carbocycles. The van der Waals surface area contributed by atoms with Crippen LogP contribution in [0.3, 0.4) is 0 Å². The topological polar surface area (TPSA) is 202 Å². The highest BCUT2D eigenvalue weighted by Gasteiger charge is 2.50. The molecule has 2 aliphatic rings. The second-order valence-corrected chi connectivity index (χ2v) is 23.2. The number of amides is 3. The van der Waals surface area contributed by atoms with E-state index in [1.807, 2.05) is 74.4 Å². The molecule has 0 saturated carbocycles. The van der Waals surface area contributed by atoms with Gasteiger partial charge in [0.25, 0.3) is 0 Å². The molecule has 6 unspecified atom stereocenters. The number of sulfone groups is 1. The zero-order valence-electron chi connectivity index (χ0n) is 47.5. The standard InChI is InChI=1S/C63H80F2N4O12S/c1-5-7-28-63(6-2)43-82(75,76)56-25-22-52(68(3)4)41-54(56)59(61(63)73)46-11-9-13-50(40-46)67-58(72)27-30-78-32-34-80-36-38-81-37-35-79-33-31-77-29-26-57(71)66-42-44-10-8-12-47(39-44)60-53(23-24-55(70)45-14-16-48(64)17-15-45)62(74)69(60)51-20-18-49(65)19-21-51/h8-22,25,39-41,53,55,59-61,70,73H,5-7,23-24,26-38,42-43H2,1-4H3,(H,66,71)(H,67,72). The van der Waals surface area contributed by atoms with Crippen molar-refractivity contribution in [3.05, 3.63) is 155 Å². The summed E-state index contributed by atoms with van der Waals surface area (Å²) in [4.78, 5) is 43.1. The van der Waals surface area contributed by atoms with Crippen LogP contribution in [0.4, 0.5) is 25.8 Å². The number of aliphatic hydroxyl groups excluding tert-OH is 2. The molecule has 82 heavy (non-hydrogen) atoms. The van der Waals surface area contributed by atoms with E-state index in [9.17, 15) is 41.8 Å². The fourth-order valence-electron chi connectivity index (χ4n) is 10.8. The Kier molecular flexibility index (Phi) is 23.9. The normalized spacial score (nSPS) is 19.7. The molecule has 1 saturated heterocycles. The van der Waals surface area contributed by atoms with Crippen LogP contribution in [0.5, 0.6) is 0 Å². The molecule has 0 spiro atoms. The molecule has 3 amide bonds. The van der Waals surface area contributed by atoms with Gasteiger partial charge in [-0.05, 0) is 120 Å². The van der Waals surface area contributed by atoms with Gasteiger partial charge in [0.15, 0.2) is 9.84 Å². The van der Waals surface area contributed by atoms with E-state index in [0.29, 0.717) is 88.0 Å². The van der Waals surface area contributed by atoms with Gasteiger partial charge in [-0.15, -0.1) is 0 Å². The largest absolute Gasteiger partial charge is 0.392 e. The minimum absolute atomic E-state index is 0.105. The summed E-state index contributed by atoms with van der Waals surface area (Å²) < 4.78 is 83.4. The summed E-state index contributed by atoms with van der Waals surface area (Å²) in [7, 11) is 0.0527. The molecule has 16 nitrogen and oxygen atoms in total. The maximum atomic E-state index is 14.0. The number of hydrogen-bond acceptors (Lipinski definition) is 13. The number of β-lactam (4-membered cyclic amide) rings is 1. The number of ether oxygens (including phenoxy) is 5. The molecule has 0 radical (unpaired) electrons. The van der Waals surface area contributed by atoms with Gasteiger partial charge in [-0.25, -0.2) is 17.2 Å². The summed E-state index contributed by atoms with van der Waals surface area (Å²) in [6.45, 7) is 7.30. The molecule has 2 aliphatic heterocycles. The highest BCUT2D eigenvalue weighted by Crippen LogP contribution is 2.50. The van der Waals surface area contributed by atoms with Crippen molar-refractivity contribution < 1.29 is 65.5 Å². The van der Waals surface area contributed by atoms with E-state index in [4.69, 9.17) is 23.7 Å². The highest BCUT2D eigenvalue weighted by molar-refractivity contribution is 7.91. The average molecular weight is 1160 g/mol. The van der Waals surface area contributed by atoms with Crippen LogP contribution < -0.4 is 20.4 Å². The first-order valence-electron chi connectivity index (χ1n) is 28.4. The summed E-state index contributed by atoms with van der Waals surface area (Å²) in [5.41, 5.74) is 4.56. The number of unbranched alkanes of at least 4 members (excludes halogenated alkanes) is 1. The number of rotatable bonds is 33. The van der Waals surface area contributed by atoms with Crippen molar-refractivity contribution >= 4 is 44.6 Å². The lowest BCUT2D eigenvalue weighted by Gasteiger charge is -2.48. The van der Waals surface area contributed by atoms with Crippen molar-refractivity contribution in [2.75, 3.05) is 101 Å². The lowest BCUT2D eigenvalue weighted by Crippen LogP contribution is -2.55. The van der Waals surface area contributed by atoms with Crippen molar-refractivity contribution in [2.45, 2.75) is 101 Å². The van der Waals surface area contributed by atoms with Gasteiger partial charge >= 0.3 is 0 Å². The van der Waals surface area contributed by atoms with Crippen LogP contribution >= 0.6 is 0 Å². The average Bonchev–Trinajstić information content (AvgIpc) is 3.66. The lowest BCUT2D eigenvalue weighted by atomic mass is 9.69. The molecule has 6 atom stereocenters. The Balaban J connectivity index is 0.729. The predicted molar refractivity (Wildman–Crippen MR) is 310 cm³/mol. The Morgan fingerprint density at radius 3 is 1.94 bits per heavy atom. The Labute approximate surface area is 481 Å². The van der Waals surface area contributed by atoms with Gasteiger partial charge in [-0.1, -0.05) is 75.2 Å². The van der Waals surface area contributed by atoms with E-state index in [0.717, 1.165) is 35.2 Å². The lowest BCUT2D eigenvalue weighted by molar-refractivity contribution is -0.131. The number of aliphatic hydroxyl groups is 2. The Bertz CT molecular complexity index is 2970. The van der Waals surface area contributed by atoms with Gasteiger partial charge < -0.3 is 54.3 Å². The smallest absolute Gasteiger partial charge is 0.233 e. The third-order valence-corrected chi connectivity index (χ3v) is 17.4. The molecular weight excluding hydrogens is 1070 g/mol. The zero-order valence-corrected chi connectivity index (χ0v) is 48.4. The van der Waals surface area contributed by atoms with Gasteiger partial charge in [-0.2, -0.15) is 0 Å². The van der Waals surface area contributed by atoms with Crippen LogP contribution in [0.15, 0.2) is 120 Å². The van der Waals surface area contributed by atoms with E-state index in [1.165, 1.54) is 36.4 Å².